The number of likely N-dealkylation sites (N-methyl/N-ethyl adjacent to an activating group) is 1. The number of nitrogens with zero attached hydrogens (tertiary/aromatic N) is 4. The largest absolute Gasteiger partial charge is 0.373 e. The van der Waals surface area contributed by atoms with E-state index in [0.29, 0.717) is 24.7 Å². The molecule has 4 rings (SSSR count). The van der Waals surface area contributed by atoms with E-state index in [-0.39, 0.29) is 29.2 Å². The summed E-state index contributed by atoms with van der Waals surface area (Å²) >= 11 is 1.44. The predicted molar refractivity (Wildman–Crippen MR) is 86.1 cm³/mol. The van der Waals surface area contributed by atoms with Gasteiger partial charge in [-0.3, -0.25) is 18.9 Å². The van der Waals surface area contributed by atoms with Crippen LogP contribution in [0.25, 0.3) is 4.96 Å². The zero-order valence-corrected chi connectivity index (χ0v) is 13.9. The van der Waals surface area contributed by atoms with Crippen molar-refractivity contribution in [1.82, 2.24) is 19.2 Å². The fourth-order valence-corrected chi connectivity index (χ4v) is 4.12. The number of rotatable bonds is 1. The number of hydrogen-bond acceptors (Lipinski definition) is 6. The molecular weight excluding hydrogens is 316 g/mol. The molecule has 2 saturated heterocycles. The zero-order chi connectivity index (χ0) is 16.1. The Balaban J connectivity index is 1.65. The Kier molecular flexibility index (Phi) is 3.47. The summed E-state index contributed by atoms with van der Waals surface area (Å²) < 4.78 is 7.22. The van der Waals surface area contributed by atoms with Crippen LogP contribution in [0.1, 0.15) is 15.2 Å². The summed E-state index contributed by atoms with van der Waals surface area (Å²) in [5.41, 5.74) is -0.171. The number of amides is 1. The van der Waals surface area contributed by atoms with E-state index < -0.39 is 0 Å². The number of fused-ring (bicyclic) bond motifs is 2. The van der Waals surface area contributed by atoms with Crippen LogP contribution in [-0.4, -0.2) is 70.5 Å². The SMILES string of the molecule is Cc1cn2c(=O)c(C(=O)N3C[C@H]4OCCN(C)[C@H]4C3)cnc2s1. The second-order valence-corrected chi connectivity index (χ2v) is 7.35. The number of morpholine rings is 1. The highest BCUT2D eigenvalue weighted by Crippen LogP contribution is 2.23. The van der Waals surface area contributed by atoms with Crippen molar-refractivity contribution in [3.05, 3.63) is 33.2 Å². The van der Waals surface area contributed by atoms with Crippen LogP contribution in [0, 0.1) is 6.92 Å². The van der Waals surface area contributed by atoms with Crippen LogP contribution in [0.4, 0.5) is 0 Å². The summed E-state index contributed by atoms with van der Waals surface area (Å²) in [6, 6.07) is 0.204. The van der Waals surface area contributed by atoms with E-state index in [1.807, 2.05) is 14.0 Å². The molecule has 2 aromatic heterocycles. The Morgan fingerprint density at radius 2 is 2.26 bits per heavy atom. The van der Waals surface area contributed by atoms with E-state index in [4.69, 9.17) is 4.74 Å². The molecule has 0 N–H and O–H groups in total. The van der Waals surface area contributed by atoms with Gasteiger partial charge >= 0.3 is 0 Å². The fraction of sp³-hybridized carbons (Fsp3) is 0.533. The Bertz CT molecular complexity index is 830. The molecule has 0 saturated carbocycles. The lowest BCUT2D eigenvalue weighted by Gasteiger charge is -2.33. The van der Waals surface area contributed by atoms with E-state index in [1.165, 1.54) is 21.9 Å². The molecule has 0 aromatic carbocycles. The van der Waals surface area contributed by atoms with Crippen LogP contribution in [-0.2, 0) is 4.74 Å². The maximum atomic E-state index is 12.8. The Hall–Kier alpha value is -1.77. The summed E-state index contributed by atoms with van der Waals surface area (Å²) in [4.78, 5) is 35.1. The molecule has 0 bridgehead atoms. The van der Waals surface area contributed by atoms with Gasteiger partial charge in [-0.15, -0.1) is 11.3 Å². The predicted octanol–water partition coefficient (Wildman–Crippen LogP) is 0.219. The second-order valence-electron chi connectivity index (χ2n) is 6.14. The maximum absolute atomic E-state index is 12.8. The first-order chi connectivity index (χ1) is 11.0. The third kappa shape index (κ3) is 2.37. The van der Waals surface area contributed by atoms with Crippen molar-refractivity contribution in [3.8, 4) is 0 Å². The van der Waals surface area contributed by atoms with Crippen LogP contribution in [0.2, 0.25) is 0 Å². The van der Waals surface area contributed by atoms with Crippen LogP contribution in [0.15, 0.2) is 17.2 Å². The quantitative estimate of drug-likeness (QED) is 0.746. The molecule has 7 nitrogen and oxygen atoms in total. The highest BCUT2D eigenvalue weighted by atomic mass is 32.1. The molecular formula is C15H18N4O3S. The molecule has 1 amide bonds. The minimum atomic E-state index is -0.298. The van der Waals surface area contributed by atoms with Crippen molar-refractivity contribution >= 4 is 22.2 Å². The number of hydrogen-bond donors (Lipinski definition) is 0. The summed E-state index contributed by atoms with van der Waals surface area (Å²) in [7, 11) is 2.05. The fourth-order valence-electron chi connectivity index (χ4n) is 3.34. The van der Waals surface area contributed by atoms with Crippen molar-refractivity contribution in [2.75, 3.05) is 33.3 Å². The molecule has 0 unspecified atom stereocenters. The summed E-state index contributed by atoms with van der Waals surface area (Å²) in [5, 5.41) is 0. The topological polar surface area (TPSA) is 67.2 Å². The number of ether oxygens (including phenoxy) is 1. The molecule has 4 heterocycles. The maximum Gasteiger partial charge on any atom is 0.271 e. The number of carbonyl (C=O) groups is 1. The first kappa shape index (κ1) is 14.8. The number of likely N-dealkylation sites (tertiary alicyclic amines) is 1. The molecule has 2 fully saturated rings. The smallest absolute Gasteiger partial charge is 0.271 e. The zero-order valence-electron chi connectivity index (χ0n) is 13.1. The molecule has 0 aliphatic carbocycles. The Morgan fingerprint density at radius 3 is 3.04 bits per heavy atom. The van der Waals surface area contributed by atoms with E-state index in [2.05, 4.69) is 9.88 Å². The monoisotopic (exact) mass is 334 g/mol. The molecule has 122 valence electrons. The highest BCUT2D eigenvalue weighted by molar-refractivity contribution is 7.16. The van der Waals surface area contributed by atoms with Crippen LogP contribution >= 0.6 is 11.3 Å². The third-order valence-electron chi connectivity index (χ3n) is 4.62. The molecule has 0 radical (unpaired) electrons. The van der Waals surface area contributed by atoms with Crippen molar-refractivity contribution in [2.24, 2.45) is 0 Å². The van der Waals surface area contributed by atoms with Gasteiger partial charge in [-0.2, -0.15) is 0 Å². The van der Waals surface area contributed by atoms with Crippen molar-refractivity contribution < 1.29 is 9.53 Å². The van der Waals surface area contributed by atoms with Gasteiger partial charge in [-0.25, -0.2) is 4.98 Å². The number of aromatic nitrogens is 2. The van der Waals surface area contributed by atoms with Gasteiger partial charge in [0.25, 0.3) is 11.5 Å². The van der Waals surface area contributed by atoms with Gasteiger partial charge in [0.2, 0.25) is 0 Å². The molecule has 0 spiro atoms. The van der Waals surface area contributed by atoms with Gasteiger partial charge in [0.1, 0.15) is 5.56 Å². The van der Waals surface area contributed by atoms with E-state index in [9.17, 15) is 9.59 Å². The lowest BCUT2D eigenvalue weighted by molar-refractivity contribution is -0.0368. The lowest BCUT2D eigenvalue weighted by atomic mass is 10.1. The van der Waals surface area contributed by atoms with Gasteiger partial charge < -0.3 is 9.64 Å². The van der Waals surface area contributed by atoms with E-state index in [1.54, 1.807) is 11.1 Å². The normalized spacial score (nSPS) is 25.0. The summed E-state index contributed by atoms with van der Waals surface area (Å²) in [6.07, 6.45) is 3.16. The van der Waals surface area contributed by atoms with Crippen molar-refractivity contribution in [2.45, 2.75) is 19.1 Å². The average molecular weight is 334 g/mol. The lowest BCUT2D eigenvalue weighted by Crippen LogP contribution is -2.48. The molecule has 23 heavy (non-hydrogen) atoms. The average Bonchev–Trinajstić information content (AvgIpc) is 3.11. The van der Waals surface area contributed by atoms with E-state index >= 15 is 0 Å². The van der Waals surface area contributed by atoms with Crippen LogP contribution in [0.3, 0.4) is 0 Å². The van der Waals surface area contributed by atoms with Gasteiger partial charge in [-0.1, -0.05) is 0 Å². The summed E-state index contributed by atoms with van der Waals surface area (Å²) in [6.45, 7) is 4.58. The second kappa shape index (κ2) is 5.40. The minimum Gasteiger partial charge on any atom is -0.373 e. The molecule has 8 heteroatoms. The number of thiazole rings is 1. The molecule has 2 aliphatic rings. The first-order valence-electron chi connectivity index (χ1n) is 7.63. The van der Waals surface area contributed by atoms with Crippen molar-refractivity contribution in [3.63, 3.8) is 0 Å². The van der Waals surface area contributed by atoms with Gasteiger partial charge in [0.15, 0.2) is 4.96 Å². The van der Waals surface area contributed by atoms with Gasteiger partial charge in [0, 0.05) is 36.9 Å². The Labute approximate surface area is 137 Å². The van der Waals surface area contributed by atoms with Gasteiger partial charge in [-0.05, 0) is 14.0 Å². The Morgan fingerprint density at radius 1 is 1.43 bits per heavy atom. The number of carbonyl (C=O) groups excluding carboxylic acids is 1. The standard InChI is InChI=1S/C15H18N4O3S/c1-9-6-19-14(21)10(5-16-15(19)23-9)13(20)18-7-11-12(8-18)22-4-3-17(11)2/h5-6,11-12H,3-4,7-8H2,1-2H3/t11-,12+/m0/s1. The first-order valence-corrected chi connectivity index (χ1v) is 8.45. The molecule has 2 aromatic rings. The van der Waals surface area contributed by atoms with Crippen molar-refractivity contribution in [1.29, 1.82) is 0 Å². The van der Waals surface area contributed by atoms with Gasteiger partial charge in [0.05, 0.1) is 18.8 Å². The van der Waals surface area contributed by atoms with Crippen LogP contribution in [0.5, 0.6) is 0 Å². The summed E-state index contributed by atoms with van der Waals surface area (Å²) in [5.74, 6) is -0.257. The molecule has 2 atom stereocenters. The van der Waals surface area contributed by atoms with E-state index in [0.717, 1.165) is 11.4 Å². The van der Waals surface area contributed by atoms with Crippen LogP contribution < -0.4 is 5.56 Å². The third-order valence-corrected chi connectivity index (χ3v) is 5.53. The highest BCUT2D eigenvalue weighted by Gasteiger charge is 2.41. The minimum absolute atomic E-state index is 0.0283. The molecule has 2 aliphatic heterocycles. The number of aryl methyl sites for hydroxylation is 1.